The summed E-state index contributed by atoms with van der Waals surface area (Å²) in [5.74, 6) is 1.03. The molecular formula is C53H56ClN11O5S2. The number of thiazole rings is 1. The Kier molecular flexibility index (Phi) is 13.7. The quantitative estimate of drug-likeness (QED) is 0.0949. The Labute approximate surface area is 430 Å². The highest BCUT2D eigenvalue weighted by Gasteiger charge is 2.43. The minimum Gasteiger partial charge on any atom is -0.490 e. The summed E-state index contributed by atoms with van der Waals surface area (Å²) >= 11 is 9.54. The normalized spacial score (nSPS) is 20.2. The van der Waals surface area contributed by atoms with Gasteiger partial charge in [0.1, 0.15) is 40.8 Å². The van der Waals surface area contributed by atoms with E-state index in [0.717, 1.165) is 54.9 Å². The molecule has 7 heterocycles. The van der Waals surface area contributed by atoms with Gasteiger partial charge in [0.2, 0.25) is 17.7 Å². The standard InChI is InChI=1S/C53H56ClN11O5S2/c1-27(2)48(52(69)63-25-39(66)20-44(63)51(68)58-29(4)33-8-10-35(11-9-33)49-30(5)56-26-71-49)64-24-36(23-57-64)42-21-40(16-17-55-42)70-41-18-38(19-41)59-45(67)22-43-50-62-61-32(7)65(50)53-46(28(3)31(6)72-53)47(60-43)34-12-14-37(54)15-13-34/h8-17,21,23-24,26-27,29,38-39,41,43-44,48,66H,18-20,22,25H2,1-7H3,(H,58,68)(H,59,67)/t29-,38?,39+,41?,43-,44-,48-/m0/s1. The number of hydrogen-bond acceptors (Lipinski definition) is 13. The van der Waals surface area contributed by atoms with Crippen LogP contribution in [0.15, 0.2) is 89.8 Å². The lowest BCUT2D eigenvalue weighted by Crippen LogP contribution is -2.49. The molecule has 0 bridgehead atoms. The molecule has 372 valence electrons. The zero-order valence-corrected chi connectivity index (χ0v) is 43.4. The number of aliphatic imine (C=N–C) groups is 1. The van der Waals surface area contributed by atoms with Gasteiger partial charge in [0.05, 0.1) is 52.3 Å². The number of thiophene rings is 1. The topological polar surface area (TPSA) is 195 Å². The van der Waals surface area contributed by atoms with Crippen LogP contribution in [0, 0.1) is 33.6 Å². The van der Waals surface area contributed by atoms with Crippen LogP contribution in [0.4, 0.5) is 0 Å². The van der Waals surface area contributed by atoms with Gasteiger partial charge in [0.15, 0.2) is 5.82 Å². The van der Waals surface area contributed by atoms with Crippen molar-refractivity contribution in [3.8, 4) is 32.4 Å². The number of benzene rings is 2. The van der Waals surface area contributed by atoms with E-state index in [2.05, 4.69) is 49.7 Å². The van der Waals surface area contributed by atoms with Crippen molar-refractivity contribution >= 4 is 57.7 Å². The molecule has 0 radical (unpaired) electrons. The van der Waals surface area contributed by atoms with Gasteiger partial charge in [-0.3, -0.25) is 33.6 Å². The van der Waals surface area contributed by atoms with Crippen molar-refractivity contribution in [2.75, 3.05) is 6.54 Å². The lowest BCUT2D eigenvalue weighted by Gasteiger charge is -2.36. The molecule has 0 unspecified atom stereocenters. The number of nitrogens with zero attached hydrogens (tertiary/aromatic N) is 9. The van der Waals surface area contributed by atoms with Crippen LogP contribution in [0.25, 0.3) is 26.7 Å². The first kappa shape index (κ1) is 49.0. The Balaban J connectivity index is 0.762. The predicted molar refractivity (Wildman–Crippen MR) is 278 cm³/mol. The molecule has 2 aromatic carbocycles. The van der Waals surface area contributed by atoms with Crippen molar-refractivity contribution in [3.05, 3.63) is 134 Å². The number of pyridine rings is 1. The molecule has 3 aliphatic rings. The van der Waals surface area contributed by atoms with Crippen LogP contribution in [0.1, 0.15) is 109 Å². The molecule has 2 fully saturated rings. The van der Waals surface area contributed by atoms with E-state index in [1.165, 1.54) is 9.78 Å². The van der Waals surface area contributed by atoms with Gasteiger partial charge in [0.25, 0.3) is 0 Å². The number of rotatable bonds is 14. The van der Waals surface area contributed by atoms with Crippen molar-refractivity contribution in [2.24, 2.45) is 10.9 Å². The highest BCUT2D eigenvalue weighted by atomic mass is 35.5. The monoisotopic (exact) mass is 1030 g/mol. The third-order valence-corrected chi connectivity index (χ3v) is 16.4. The van der Waals surface area contributed by atoms with Crippen LogP contribution in [-0.4, -0.2) is 98.8 Å². The summed E-state index contributed by atoms with van der Waals surface area (Å²) in [6.07, 6.45) is 5.63. The van der Waals surface area contributed by atoms with E-state index in [-0.39, 0.29) is 61.2 Å². The summed E-state index contributed by atoms with van der Waals surface area (Å²) in [4.78, 5) is 60.0. The first-order valence-corrected chi connectivity index (χ1v) is 26.3. The number of hydrogen-bond donors (Lipinski definition) is 3. The van der Waals surface area contributed by atoms with E-state index in [9.17, 15) is 19.5 Å². The lowest BCUT2D eigenvalue weighted by atomic mass is 9.89. The third-order valence-electron chi connectivity index (χ3n) is 13.9. The molecule has 2 aliphatic heterocycles. The number of amides is 3. The van der Waals surface area contributed by atoms with Crippen molar-refractivity contribution in [1.29, 1.82) is 0 Å². The average molecular weight is 1030 g/mol. The fourth-order valence-corrected chi connectivity index (χ4v) is 12.1. The Morgan fingerprint density at radius 2 is 1.68 bits per heavy atom. The largest absolute Gasteiger partial charge is 0.490 e. The summed E-state index contributed by atoms with van der Waals surface area (Å²) in [6.45, 7) is 13.9. The first-order chi connectivity index (χ1) is 34.6. The van der Waals surface area contributed by atoms with E-state index in [1.807, 2.05) is 99.3 Å². The molecule has 16 nitrogen and oxygen atoms in total. The van der Waals surface area contributed by atoms with E-state index in [1.54, 1.807) is 52.0 Å². The number of nitrogens with one attached hydrogen (secondary N) is 2. The molecule has 5 atom stereocenters. The molecule has 5 aromatic heterocycles. The highest BCUT2D eigenvalue weighted by Crippen LogP contribution is 2.40. The summed E-state index contributed by atoms with van der Waals surface area (Å²) in [6, 6.07) is 16.7. The number of ether oxygens (including phenoxy) is 1. The number of carbonyl (C=O) groups excluding carboxylic acids is 3. The molecule has 3 N–H and O–H groups in total. The van der Waals surface area contributed by atoms with Crippen molar-refractivity contribution in [1.82, 2.24) is 50.0 Å². The Morgan fingerprint density at radius 3 is 2.40 bits per heavy atom. The van der Waals surface area contributed by atoms with Crippen molar-refractivity contribution in [2.45, 2.75) is 117 Å². The van der Waals surface area contributed by atoms with Gasteiger partial charge in [-0.15, -0.1) is 32.9 Å². The maximum atomic E-state index is 14.4. The Bertz CT molecular complexity index is 3190. The summed E-state index contributed by atoms with van der Waals surface area (Å²) < 4.78 is 10.1. The van der Waals surface area contributed by atoms with E-state index >= 15 is 0 Å². The maximum absolute atomic E-state index is 14.4. The molecule has 3 amide bonds. The van der Waals surface area contributed by atoms with Crippen LogP contribution in [-0.2, 0) is 14.4 Å². The minimum atomic E-state index is -0.846. The van der Waals surface area contributed by atoms with E-state index in [0.29, 0.717) is 40.7 Å². The first-order valence-electron chi connectivity index (χ1n) is 24.2. The number of halogens is 1. The number of aliphatic hydroxyl groups is 1. The zero-order chi connectivity index (χ0) is 50.5. The second kappa shape index (κ2) is 20.1. The number of aliphatic hydroxyl groups excluding tert-OH is 1. The average Bonchev–Trinajstić information content (AvgIpc) is 4.19. The van der Waals surface area contributed by atoms with Crippen LogP contribution >= 0.6 is 34.3 Å². The van der Waals surface area contributed by atoms with Crippen LogP contribution < -0.4 is 15.4 Å². The number of likely N-dealkylation sites (tertiary alicyclic amines) is 1. The number of carbonyl (C=O) groups is 3. The van der Waals surface area contributed by atoms with Crippen LogP contribution in [0.2, 0.25) is 5.02 Å². The summed E-state index contributed by atoms with van der Waals surface area (Å²) in [7, 11) is 0. The fourth-order valence-electron chi connectivity index (χ4n) is 9.91. The van der Waals surface area contributed by atoms with Crippen LogP contribution in [0.3, 0.4) is 0 Å². The number of aryl methyl sites for hydroxylation is 3. The van der Waals surface area contributed by atoms with E-state index < -0.39 is 24.2 Å². The smallest absolute Gasteiger partial charge is 0.248 e. The molecule has 1 aliphatic carbocycles. The van der Waals surface area contributed by atoms with E-state index in [4.69, 9.17) is 21.3 Å². The molecule has 19 heteroatoms. The minimum absolute atomic E-state index is 0.0406. The van der Waals surface area contributed by atoms with Gasteiger partial charge < -0.3 is 25.4 Å². The maximum Gasteiger partial charge on any atom is 0.248 e. The third kappa shape index (κ3) is 9.72. The van der Waals surface area contributed by atoms with Gasteiger partial charge >= 0.3 is 0 Å². The Morgan fingerprint density at radius 1 is 0.931 bits per heavy atom. The summed E-state index contributed by atoms with van der Waals surface area (Å²) in [5.41, 5.74) is 9.93. The fraction of sp³-hybridized carbons (Fsp3) is 0.377. The second-order valence-electron chi connectivity index (χ2n) is 19.4. The number of β-amino-alcohol motifs (C(OH)–C–C–N with tert-alkyl or cyclic N) is 1. The molecule has 1 saturated heterocycles. The molecule has 72 heavy (non-hydrogen) atoms. The second-order valence-corrected chi connectivity index (χ2v) is 21.9. The SMILES string of the molecule is Cc1ncsc1-c1ccc([C@H](C)NC(=O)[C@@H]2C[C@@H](O)CN2C(=O)[C@H](C(C)C)n2cc(-c3cc(OC4CC(NC(=O)C[C@@H]5N=C(c6ccc(Cl)cc6)c6c(sc(C)c6C)-n6c(C)nnc65)C4)ccn3)cn2)cc1. The molecule has 0 spiro atoms. The number of aromatic nitrogens is 7. The molecule has 10 rings (SSSR count). The highest BCUT2D eigenvalue weighted by molar-refractivity contribution is 7.15. The molecular weight excluding hydrogens is 970 g/mol. The van der Waals surface area contributed by atoms with Gasteiger partial charge in [0, 0.05) is 76.9 Å². The molecule has 1 saturated carbocycles. The molecule has 7 aromatic rings. The van der Waals surface area contributed by atoms with Gasteiger partial charge in [-0.2, -0.15) is 5.10 Å². The van der Waals surface area contributed by atoms with Gasteiger partial charge in [-0.05, 0) is 75.4 Å². The van der Waals surface area contributed by atoms with Gasteiger partial charge in [-0.25, -0.2) is 4.98 Å². The van der Waals surface area contributed by atoms with Crippen molar-refractivity contribution < 1.29 is 24.2 Å². The zero-order valence-electron chi connectivity index (χ0n) is 41.0. The lowest BCUT2D eigenvalue weighted by molar-refractivity contribution is -0.142. The Hall–Kier alpha value is -6.60. The summed E-state index contributed by atoms with van der Waals surface area (Å²) in [5, 5.41) is 32.3. The van der Waals surface area contributed by atoms with Gasteiger partial charge in [-0.1, -0.05) is 61.8 Å². The van der Waals surface area contributed by atoms with Crippen LogP contribution in [0.5, 0.6) is 5.75 Å². The predicted octanol–water partition coefficient (Wildman–Crippen LogP) is 8.64. The van der Waals surface area contributed by atoms with Crippen molar-refractivity contribution in [3.63, 3.8) is 0 Å². The number of fused-ring (bicyclic) bond motifs is 3.